The lowest BCUT2D eigenvalue weighted by atomic mass is 10.1. The van der Waals surface area contributed by atoms with Gasteiger partial charge in [0.1, 0.15) is 0 Å². The fraction of sp³-hybridized carbons (Fsp3) is 0.300. The second-order valence-corrected chi connectivity index (χ2v) is 7.28. The summed E-state index contributed by atoms with van der Waals surface area (Å²) in [5.74, 6) is 0.266. The number of hydrogen-bond donors (Lipinski definition) is 1. The van der Waals surface area contributed by atoms with Crippen molar-refractivity contribution in [2.24, 2.45) is 0 Å². The van der Waals surface area contributed by atoms with Crippen LogP contribution in [0.1, 0.15) is 34.0 Å². The average molecular weight is 357 g/mol. The van der Waals surface area contributed by atoms with Gasteiger partial charge in [0.15, 0.2) is 0 Å². The number of nitrogens with one attached hydrogen (secondary N) is 1. The highest BCUT2D eigenvalue weighted by molar-refractivity contribution is 7.99. The molecular weight excluding hydrogens is 334 g/mol. The summed E-state index contributed by atoms with van der Waals surface area (Å²) in [6, 6.07) is 13.3. The minimum Gasteiger partial charge on any atom is -0.465 e. The largest absolute Gasteiger partial charge is 0.465 e. The Hall–Kier alpha value is -2.27. The number of carbonyl (C=O) groups excluding carboxylic acids is 2. The van der Waals surface area contributed by atoms with E-state index in [1.54, 1.807) is 12.1 Å². The minimum atomic E-state index is -0.354. The van der Waals surface area contributed by atoms with Gasteiger partial charge in [-0.3, -0.25) is 4.79 Å². The molecule has 2 aromatic carbocycles. The Morgan fingerprint density at radius 1 is 1.16 bits per heavy atom. The van der Waals surface area contributed by atoms with Crippen molar-refractivity contribution < 1.29 is 14.3 Å². The molecular formula is C20H23NO3S. The maximum Gasteiger partial charge on any atom is 0.337 e. The highest BCUT2D eigenvalue weighted by Crippen LogP contribution is 2.22. The normalized spacial score (nSPS) is 11.7. The predicted octanol–water partition coefficient (Wildman–Crippen LogP) is 4.35. The van der Waals surface area contributed by atoms with Gasteiger partial charge >= 0.3 is 5.97 Å². The first-order valence-electron chi connectivity index (χ1n) is 8.07. The Bertz CT molecular complexity index is 773. The number of ether oxygens (including phenoxy) is 1. The molecule has 0 aliphatic carbocycles. The van der Waals surface area contributed by atoms with Gasteiger partial charge in [0, 0.05) is 11.4 Å². The zero-order valence-corrected chi connectivity index (χ0v) is 15.8. The van der Waals surface area contributed by atoms with E-state index in [0.717, 1.165) is 22.4 Å². The number of anilines is 1. The van der Waals surface area contributed by atoms with E-state index in [2.05, 4.69) is 5.32 Å². The summed E-state index contributed by atoms with van der Waals surface area (Å²) >= 11 is 1.53. The fourth-order valence-corrected chi connectivity index (χ4v) is 3.14. The molecule has 2 rings (SSSR count). The Morgan fingerprint density at radius 3 is 2.64 bits per heavy atom. The Labute approximate surface area is 153 Å². The van der Waals surface area contributed by atoms with E-state index in [1.165, 1.54) is 18.9 Å². The quantitative estimate of drug-likeness (QED) is 0.781. The molecule has 0 aliphatic rings. The summed E-state index contributed by atoms with van der Waals surface area (Å²) in [7, 11) is 1.36. The van der Waals surface area contributed by atoms with Gasteiger partial charge < -0.3 is 10.1 Å². The van der Waals surface area contributed by atoms with Crippen molar-refractivity contribution in [2.45, 2.75) is 31.8 Å². The summed E-state index contributed by atoms with van der Waals surface area (Å²) in [4.78, 5) is 24.0. The molecule has 0 saturated heterocycles. The van der Waals surface area contributed by atoms with E-state index in [1.807, 2.05) is 51.1 Å². The zero-order chi connectivity index (χ0) is 18.4. The van der Waals surface area contributed by atoms with Crippen LogP contribution in [0.2, 0.25) is 0 Å². The smallest absolute Gasteiger partial charge is 0.337 e. The topological polar surface area (TPSA) is 55.4 Å². The van der Waals surface area contributed by atoms with Crippen molar-refractivity contribution in [1.29, 1.82) is 0 Å². The highest BCUT2D eigenvalue weighted by atomic mass is 32.2. The van der Waals surface area contributed by atoms with Gasteiger partial charge in [-0.05, 0) is 55.7 Å². The lowest BCUT2D eigenvalue weighted by molar-refractivity contribution is -0.115. The predicted molar refractivity (Wildman–Crippen MR) is 103 cm³/mol. The summed E-state index contributed by atoms with van der Waals surface area (Å²) in [6.45, 7) is 5.86. The second kappa shape index (κ2) is 8.72. The van der Waals surface area contributed by atoms with Crippen LogP contribution in [0.15, 0.2) is 42.5 Å². The van der Waals surface area contributed by atoms with Gasteiger partial charge in [0.2, 0.25) is 5.91 Å². The molecule has 0 radical (unpaired) electrons. The summed E-state index contributed by atoms with van der Waals surface area (Å²) in [5, 5.41) is 2.79. The lowest BCUT2D eigenvalue weighted by Gasteiger charge is -2.14. The van der Waals surface area contributed by atoms with Crippen LogP contribution in [0, 0.1) is 13.8 Å². The van der Waals surface area contributed by atoms with Crippen LogP contribution in [0.25, 0.3) is 0 Å². The summed E-state index contributed by atoms with van der Waals surface area (Å²) in [6.07, 6.45) is 0. The zero-order valence-electron chi connectivity index (χ0n) is 15.0. The number of rotatable bonds is 6. The first-order chi connectivity index (χ1) is 11.9. The third kappa shape index (κ3) is 5.36. The van der Waals surface area contributed by atoms with Gasteiger partial charge in [-0.2, -0.15) is 0 Å². The van der Waals surface area contributed by atoms with E-state index in [-0.39, 0.29) is 17.1 Å². The van der Waals surface area contributed by atoms with Crippen molar-refractivity contribution in [1.82, 2.24) is 0 Å². The summed E-state index contributed by atoms with van der Waals surface area (Å²) in [5.41, 5.74) is 4.51. The van der Waals surface area contributed by atoms with Crippen molar-refractivity contribution >= 4 is 29.3 Å². The Morgan fingerprint density at radius 2 is 1.92 bits per heavy atom. The Kier molecular flexibility index (Phi) is 6.65. The van der Waals surface area contributed by atoms with E-state index >= 15 is 0 Å². The third-order valence-electron chi connectivity index (χ3n) is 3.87. The molecule has 1 unspecified atom stereocenters. The number of thioether (sulfide) groups is 1. The minimum absolute atomic E-state index is 0.0252. The molecule has 2 aromatic rings. The molecule has 1 amide bonds. The third-order valence-corrected chi connectivity index (χ3v) is 5.08. The van der Waals surface area contributed by atoms with Gasteiger partial charge in [-0.25, -0.2) is 4.79 Å². The lowest BCUT2D eigenvalue weighted by Crippen LogP contribution is -2.23. The van der Waals surface area contributed by atoms with Crippen LogP contribution in [0.5, 0.6) is 0 Å². The number of methoxy groups -OCH3 is 1. The summed E-state index contributed by atoms with van der Waals surface area (Å²) < 4.78 is 4.73. The van der Waals surface area contributed by atoms with Crippen LogP contribution in [0.4, 0.5) is 5.69 Å². The van der Waals surface area contributed by atoms with E-state index in [9.17, 15) is 9.59 Å². The molecule has 0 aliphatic heterocycles. The maximum atomic E-state index is 12.4. The van der Waals surface area contributed by atoms with Crippen LogP contribution in [0.3, 0.4) is 0 Å². The van der Waals surface area contributed by atoms with Crippen molar-refractivity contribution in [2.75, 3.05) is 12.4 Å². The number of amides is 1. The van der Waals surface area contributed by atoms with Crippen molar-refractivity contribution in [3.05, 3.63) is 64.7 Å². The molecule has 0 saturated carbocycles. The van der Waals surface area contributed by atoms with Crippen molar-refractivity contribution in [3.63, 3.8) is 0 Å². The van der Waals surface area contributed by atoms with E-state index in [4.69, 9.17) is 4.74 Å². The first kappa shape index (κ1) is 19.1. The van der Waals surface area contributed by atoms with Crippen LogP contribution in [-0.4, -0.2) is 24.2 Å². The number of benzene rings is 2. The highest BCUT2D eigenvalue weighted by Gasteiger charge is 2.15. The molecule has 0 fully saturated rings. The standard InChI is InChI=1S/C20H23NO3S/c1-13-8-9-14(2)18(10-13)21-19(22)15(3)25-12-16-6-5-7-17(11-16)20(23)24-4/h5-11,15H,12H2,1-4H3,(H,21,22). The maximum absolute atomic E-state index is 12.4. The van der Waals surface area contributed by atoms with Gasteiger partial charge in [-0.1, -0.05) is 24.3 Å². The number of esters is 1. The van der Waals surface area contributed by atoms with E-state index in [0.29, 0.717) is 11.3 Å². The molecule has 1 N–H and O–H groups in total. The first-order valence-corrected chi connectivity index (χ1v) is 9.12. The molecule has 1 atom stereocenters. The number of hydrogen-bond acceptors (Lipinski definition) is 4. The number of aryl methyl sites for hydroxylation is 2. The van der Waals surface area contributed by atoms with Crippen LogP contribution < -0.4 is 5.32 Å². The number of carbonyl (C=O) groups is 2. The Balaban J connectivity index is 1.95. The molecule has 5 heteroatoms. The molecule has 132 valence electrons. The van der Waals surface area contributed by atoms with Crippen molar-refractivity contribution in [3.8, 4) is 0 Å². The van der Waals surface area contributed by atoms with Gasteiger partial charge in [-0.15, -0.1) is 11.8 Å². The van der Waals surface area contributed by atoms with Crippen LogP contribution >= 0.6 is 11.8 Å². The fourth-order valence-electron chi connectivity index (χ4n) is 2.31. The molecule has 0 aromatic heterocycles. The molecule has 4 nitrogen and oxygen atoms in total. The SMILES string of the molecule is COC(=O)c1cccc(CSC(C)C(=O)Nc2cc(C)ccc2C)c1. The van der Waals surface area contributed by atoms with Gasteiger partial charge in [0.25, 0.3) is 0 Å². The molecule has 0 bridgehead atoms. The monoisotopic (exact) mass is 357 g/mol. The van der Waals surface area contributed by atoms with Gasteiger partial charge in [0.05, 0.1) is 17.9 Å². The molecule has 0 spiro atoms. The van der Waals surface area contributed by atoms with Crippen LogP contribution in [-0.2, 0) is 15.3 Å². The second-order valence-electron chi connectivity index (χ2n) is 5.95. The van der Waals surface area contributed by atoms with E-state index < -0.39 is 0 Å². The molecule has 0 heterocycles. The molecule has 25 heavy (non-hydrogen) atoms. The average Bonchev–Trinajstić information content (AvgIpc) is 2.62.